The molecule has 3 rings (SSSR count). The SMILES string of the molecule is COc1cc([N+](=O)[O-])ccc1C(=O)Nc1ccc2cn[nH]c2c1. The summed E-state index contributed by atoms with van der Waals surface area (Å²) in [7, 11) is 1.35. The monoisotopic (exact) mass is 312 g/mol. The molecule has 0 aliphatic heterocycles. The normalized spacial score (nSPS) is 10.5. The Bertz CT molecular complexity index is 903. The summed E-state index contributed by atoms with van der Waals surface area (Å²) in [6.45, 7) is 0. The molecule has 0 atom stereocenters. The number of nitro groups is 1. The number of hydrogen-bond acceptors (Lipinski definition) is 5. The van der Waals surface area contributed by atoms with Crippen LogP contribution in [0.2, 0.25) is 0 Å². The Labute approximate surface area is 130 Å². The molecule has 0 saturated heterocycles. The molecule has 1 heterocycles. The van der Waals surface area contributed by atoms with Crippen molar-refractivity contribution in [2.75, 3.05) is 12.4 Å². The van der Waals surface area contributed by atoms with Crippen LogP contribution >= 0.6 is 0 Å². The number of carbonyl (C=O) groups is 1. The molecule has 8 heteroatoms. The van der Waals surface area contributed by atoms with E-state index in [1.165, 1.54) is 25.3 Å². The highest BCUT2D eigenvalue weighted by atomic mass is 16.6. The lowest BCUT2D eigenvalue weighted by atomic mass is 10.1. The number of nitrogens with zero attached hydrogens (tertiary/aromatic N) is 2. The quantitative estimate of drug-likeness (QED) is 0.568. The summed E-state index contributed by atoms with van der Waals surface area (Å²) in [4.78, 5) is 22.6. The van der Waals surface area contributed by atoms with Gasteiger partial charge >= 0.3 is 0 Å². The molecule has 1 aromatic heterocycles. The Hall–Kier alpha value is -3.42. The predicted octanol–water partition coefficient (Wildman–Crippen LogP) is 2.73. The zero-order valence-corrected chi connectivity index (χ0v) is 12.1. The molecule has 23 heavy (non-hydrogen) atoms. The molecule has 0 spiro atoms. The smallest absolute Gasteiger partial charge is 0.273 e. The first kappa shape index (κ1) is 14.5. The second-order valence-electron chi connectivity index (χ2n) is 4.77. The van der Waals surface area contributed by atoms with Crippen LogP contribution in [0, 0.1) is 10.1 Å². The van der Waals surface area contributed by atoms with Gasteiger partial charge in [0.2, 0.25) is 0 Å². The fraction of sp³-hybridized carbons (Fsp3) is 0.0667. The van der Waals surface area contributed by atoms with Crippen LogP contribution < -0.4 is 10.1 Å². The van der Waals surface area contributed by atoms with Crippen molar-refractivity contribution in [1.82, 2.24) is 10.2 Å². The maximum absolute atomic E-state index is 12.4. The number of H-pyrrole nitrogens is 1. The lowest BCUT2D eigenvalue weighted by Gasteiger charge is -2.09. The number of non-ortho nitro benzene ring substituents is 1. The maximum atomic E-state index is 12.4. The van der Waals surface area contributed by atoms with Crippen molar-refractivity contribution in [3.8, 4) is 5.75 Å². The van der Waals surface area contributed by atoms with Crippen molar-refractivity contribution in [2.24, 2.45) is 0 Å². The van der Waals surface area contributed by atoms with Crippen molar-refractivity contribution >= 4 is 28.2 Å². The van der Waals surface area contributed by atoms with Crippen LogP contribution in [0.5, 0.6) is 5.75 Å². The number of methoxy groups -OCH3 is 1. The fourth-order valence-electron chi connectivity index (χ4n) is 2.19. The third-order valence-electron chi connectivity index (χ3n) is 3.34. The van der Waals surface area contributed by atoms with E-state index in [1.54, 1.807) is 18.3 Å². The second-order valence-corrected chi connectivity index (χ2v) is 4.77. The number of carbonyl (C=O) groups excluding carboxylic acids is 1. The van der Waals surface area contributed by atoms with E-state index in [4.69, 9.17) is 4.74 Å². The minimum absolute atomic E-state index is 0.138. The van der Waals surface area contributed by atoms with Crippen molar-refractivity contribution in [1.29, 1.82) is 0 Å². The fourth-order valence-corrected chi connectivity index (χ4v) is 2.19. The van der Waals surface area contributed by atoms with Gasteiger partial charge in [0, 0.05) is 17.1 Å². The largest absolute Gasteiger partial charge is 0.496 e. The Morgan fingerprint density at radius 1 is 1.30 bits per heavy atom. The van der Waals surface area contributed by atoms with Crippen LogP contribution in [-0.4, -0.2) is 28.1 Å². The maximum Gasteiger partial charge on any atom is 0.273 e. The second kappa shape index (κ2) is 5.76. The van der Waals surface area contributed by atoms with Crippen molar-refractivity contribution in [3.63, 3.8) is 0 Å². The van der Waals surface area contributed by atoms with E-state index >= 15 is 0 Å². The average molecular weight is 312 g/mol. The van der Waals surface area contributed by atoms with Crippen LogP contribution in [0.15, 0.2) is 42.6 Å². The lowest BCUT2D eigenvalue weighted by Crippen LogP contribution is -2.13. The number of fused-ring (bicyclic) bond motifs is 1. The van der Waals surface area contributed by atoms with Gasteiger partial charge in [-0.3, -0.25) is 20.0 Å². The van der Waals surface area contributed by atoms with Crippen LogP contribution in [0.25, 0.3) is 10.9 Å². The molecule has 0 radical (unpaired) electrons. The highest BCUT2D eigenvalue weighted by Gasteiger charge is 2.17. The zero-order chi connectivity index (χ0) is 16.4. The van der Waals surface area contributed by atoms with E-state index in [0.29, 0.717) is 5.69 Å². The lowest BCUT2D eigenvalue weighted by molar-refractivity contribution is -0.384. The van der Waals surface area contributed by atoms with Gasteiger partial charge in [-0.15, -0.1) is 0 Å². The van der Waals surface area contributed by atoms with Crippen molar-refractivity contribution < 1.29 is 14.5 Å². The third-order valence-corrected chi connectivity index (χ3v) is 3.34. The van der Waals surface area contributed by atoms with Gasteiger partial charge in [-0.2, -0.15) is 5.10 Å². The Morgan fingerprint density at radius 2 is 2.13 bits per heavy atom. The third kappa shape index (κ3) is 2.82. The topological polar surface area (TPSA) is 110 Å². The van der Waals surface area contributed by atoms with Gasteiger partial charge in [0.15, 0.2) is 0 Å². The van der Waals surface area contributed by atoms with Crippen LogP contribution in [0.1, 0.15) is 10.4 Å². The predicted molar refractivity (Wildman–Crippen MR) is 83.7 cm³/mol. The summed E-state index contributed by atoms with van der Waals surface area (Å²) in [5.74, 6) is -0.282. The Morgan fingerprint density at radius 3 is 2.87 bits per heavy atom. The molecule has 8 nitrogen and oxygen atoms in total. The van der Waals surface area contributed by atoms with E-state index in [2.05, 4.69) is 15.5 Å². The molecule has 0 fully saturated rings. The first-order valence-electron chi connectivity index (χ1n) is 6.65. The molecular formula is C15H12N4O4. The van der Waals surface area contributed by atoms with Crippen molar-refractivity contribution in [3.05, 3.63) is 58.3 Å². The minimum Gasteiger partial charge on any atom is -0.496 e. The molecule has 0 saturated carbocycles. The number of rotatable bonds is 4. The zero-order valence-electron chi connectivity index (χ0n) is 12.1. The first-order chi connectivity index (χ1) is 11.1. The molecule has 3 aromatic rings. The summed E-state index contributed by atoms with van der Waals surface area (Å²) in [5, 5.41) is 21.2. The number of amides is 1. The van der Waals surface area contributed by atoms with Crippen LogP contribution in [-0.2, 0) is 0 Å². The van der Waals surface area contributed by atoms with E-state index in [9.17, 15) is 14.9 Å². The number of nitrogens with one attached hydrogen (secondary N) is 2. The van der Waals surface area contributed by atoms with Crippen molar-refractivity contribution in [2.45, 2.75) is 0 Å². The number of benzene rings is 2. The number of ether oxygens (including phenoxy) is 1. The van der Waals surface area contributed by atoms with E-state index in [1.807, 2.05) is 6.07 Å². The van der Waals surface area contributed by atoms with E-state index in [-0.39, 0.29) is 17.0 Å². The molecule has 2 aromatic carbocycles. The molecule has 1 amide bonds. The summed E-state index contributed by atoms with van der Waals surface area (Å²) in [6.07, 6.45) is 1.68. The van der Waals surface area contributed by atoms with Crippen LogP contribution in [0.3, 0.4) is 0 Å². The minimum atomic E-state index is -0.545. The molecule has 0 unspecified atom stereocenters. The average Bonchev–Trinajstić information content (AvgIpc) is 3.01. The first-order valence-corrected chi connectivity index (χ1v) is 6.65. The van der Waals surface area contributed by atoms with Gasteiger partial charge in [0.05, 0.1) is 35.4 Å². The number of hydrogen-bond donors (Lipinski definition) is 2. The molecule has 0 aliphatic carbocycles. The van der Waals surface area contributed by atoms with E-state index < -0.39 is 10.8 Å². The molecule has 0 bridgehead atoms. The molecule has 116 valence electrons. The Kier molecular flexibility index (Phi) is 3.63. The standard InChI is InChI=1S/C15H12N4O4/c1-23-14-7-11(19(21)22)4-5-12(14)15(20)17-10-3-2-9-8-16-18-13(9)6-10/h2-8H,1H3,(H,16,18)(H,17,20). The molecule has 0 aliphatic rings. The highest BCUT2D eigenvalue weighted by Crippen LogP contribution is 2.26. The number of anilines is 1. The van der Waals surface area contributed by atoms with Crippen LogP contribution in [0.4, 0.5) is 11.4 Å². The Balaban J connectivity index is 1.88. The number of aromatic nitrogens is 2. The summed E-state index contributed by atoms with van der Waals surface area (Å²) < 4.78 is 5.07. The van der Waals surface area contributed by atoms with Gasteiger partial charge < -0.3 is 10.1 Å². The molecule has 2 N–H and O–H groups in total. The molecular weight excluding hydrogens is 300 g/mol. The van der Waals surface area contributed by atoms with Gasteiger partial charge in [0.1, 0.15) is 5.75 Å². The number of aromatic amines is 1. The summed E-state index contributed by atoms with van der Waals surface area (Å²) in [6, 6.07) is 9.15. The van der Waals surface area contributed by atoms with Gasteiger partial charge in [-0.1, -0.05) is 0 Å². The number of nitro benzene ring substituents is 1. The van der Waals surface area contributed by atoms with Gasteiger partial charge in [-0.05, 0) is 24.3 Å². The summed E-state index contributed by atoms with van der Waals surface area (Å²) in [5.41, 5.74) is 1.44. The van der Waals surface area contributed by atoms with Gasteiger partial charge in [-0.25, -0.2) is 0 Å². The highest BCUT2D eigenvalue weighted by molar-refractivity contribution is 6.07. The van der Waals surface area contributed by atoms with Gasteiger partial charge in [0.25, 0.3) is 11.6 Å². The summed E-state index contributed by atoms with van der Waals surface area (Å²) >= 11 is 0. The van der Waals surface area contributed by atoms with E-state index in [0.717, 1.165) is 10.9 Å².